The molecule has 3 aromatic rings. The van der Waals surface area contributed by atoms with Crippen molar-refractivity contribution in [3.05, 3.63) is 82.0 Å². The number of hydrogen-bond donors (Lipinski definition) is 0. The van der Waals surface area contributed by atoms with Gasteiger partial charge in [-0.3, -0.25) is 9.10 Å². The molecule has 1 amide bonds. The third kappa shape index (κ3) is 4.26. The Morgan fingerprint density at radius 3 is 2.18 bits per heavy atom. The Balaban J connectivity index is 1.76. The van der Waals surface area contributed by atoms with Gasteiger partial charge in [0.2, 0.25) is 0 Å². The number of rotatable bonds is 6. The number of nitrogens with zero attached hydrogens (tertiary/aromatic N) is 2. The topological polar surface area (TPSA) is 57.7 Å². The van der Waals surface area contributed by atoms with Crippen LogP contribution in [0, 0.1) is 6.92 Å². The number of thiophene rings is 1. The van der Waals surface area contributed by atoms with Gasteiger partial charge < -0.3 is 4.90 Å². The second-order valence-corrected chi connectivity index (χ2v) is 9.57. The second kappa shape index (κ2) is 8.16. The number of aryl methyl sites for hydroxylation is 1. The summed E-state index contributed by atoms with van der Waals surface area (Å²) in [5, 5.41) is 1.98. The van der Waals surface area contributed by atoms with E-state index in [4.69, 9.17) is 0 Å². The second-order valence-electron chi connectivity index (χ2n) is 6.57. The molecule has 7 heteroatoms. The lowest BCUT2D eigenvalue weighted by Gasteiger charge is -2.21. The average Bonchev–Trinajstić information content (AvgIpc) is 3.20. The minimum absolute atomic E-state index is 0.107. The number of anilines is 1. The predicted molar refractivity (Wildman–Crippen MR) is 113 cm³/mol. The molecule has 0 aliphatic rings. The van der Waals surface area contributed by atoms with Gasteiger partial charge in [-0.2, -0.15) is 0 Å². The van der Waals surface area contributed by atoms with E-state index in [2.05, 4.69) is 0 Å². The molecule has 0 atom stereocenters. The molecule has 0 N–H and O–H groups in total. The SMILES string of the molecule is Cc1ccc(S(=O)(=O)N(C)c2ccc(C(=O)N(C)Cc3cccs3)cc2)cc1. The van der Waals surface area contributed by atoms with Crippen molar-refractivity contribution in [3.63, 3.8) is 0 Å². The van der Waals surface area contributed by atoms with Crippen LogP contribution in [0.3, 0.4) is 0 Å². The lowest BCUT2D eigenvalue weighted by Crippen LogP contribution is -2.27. The van der Waals surface area contributed by atoms with E-state index in [0.717, 1.165) is 10.4 Å². The van der Waals surface area contributed by atoms with Gasteiger partial charge in [-0.25, -0.2) is 8.42 Å². The van der Waals surface area contributed by atoms with Crippen LogP contribution in [0.15, 0.2) is 70.9 Å². The molecule has 0 aliphatic carbocycles. The van der Waals surface area contributed by atoms with Gasteiger partial charge in [0.25, 0.3) is 15.9 Å². The molecular weight excluding hydrogens is 392 g/mol. The Morgan fingerprint density at radius 1 is 0.964 bits per heavy atom. The predicted octanol–water partition coefficient (Wildman–Crippen LogP) is 4.15. The van der Waals surface area contributed by atoms with E-state index >= 15 is 0 Å². The van der Waals surface area contributed by atoms with Crippen LogP contribution in [0.25, 0.3) is 0 Å². The van der Waals surface area contributed by atoms with Crippen molar-refractivity contribution in [2.45, 2.75) is 18.4 Å². The molecule has 146 valence electrons. The lowest BCUT2D eigenvalue weighted by molar-refractivity contribution is 0.0786. The molecule has 0 saturated carbocycles. The Labute approximate surface area is 169 Å². The maximum absolute atomic E-state index is 12.8. The first-order chi connectivity index (χ1) is 13.3. The van der Waals surface area contributed by atoms with Crippen LogP contribution in [-0.4, -0.2) is 33.3 Å². The highest BCUT2D eigenvalue weighted by Crippen LogP contribution is 2.23. The Morgan fingerprint density at radius 2 is 1.61 bits per heavy atom. The van der Waals surface area contributed by atoms with Crippen molar-refractivity contribution >= 4 is 33.0 Å². The molecule has 0 bridgehead atoms. The molecule has 5 nitrogen and oxygen atoms in total. The maximum atomic E-state index is 12.8. The third-order valence-electron chi connectivity index (χ3n) is 4.48. The zero-order valence-electron chi connectivity index (χ0n) is 16.0. The number of carbonyl (C=O) groups excluding carboxylic acids is 1. The number of sulfonamides is 1. The van der Waals surface area contributed by atoms with Crippen LogP contribution >= 0.6 is 11.3 Å². The highest BCUT2D eigenvalue weighted by molar-refractivity contribution is 7.92. The van der Waals surface area contributed by atoms with E-state index in [9.17, 15) is 13.2 Å². The van der Waals surface area contributed by atoms with Crippen molar-refractivity contribution in [2.75, 3.05) is 18.4 Å². The monoisotopic (exact) mass is 414 g/mol. The summed E-state index contributed by atoms with van der Waals surface area (Å²) in [6.07, 6.45) is 0. The zero-order valence-corrected chi connectivity index (χ0v) is 17.6. The normalized spacial score (nSPS) is 11.2. The van der Waals surface area contributed by atoms with Gasteiger partial charge >= 0.3 is 0 Å². The van der Waals surface area contributed by atoms with E-state index in [1.165, 1.54) is 11.4 Å². The molecule has 0 fully saturated rings. The summed E-state index contributed by atoms with van der Waals surface area (Å²) < 4.78 is 26.8. The van der Waals surface area contributed by atoms with Crippen molar-refractivity contribution in [1.29, 1.82) is 0 Å². The molecule has 28 heavy (non-hydrogen) atoms. The van der Waals surface area contributed by atoms with Crippen molar-refractivity contribution < 1.29 is 13.2 Å². The number of amides is 1. The minimum atomic E-state index is -3.65. The Hall–Kier alpha value is -2.64. The molecular formula is C21H22N2O3S2. The standard InChI is InChI=1S/C21H22N2O3S2/c1-16-6-12-20(13-7-16)28(25,26)23(3)18-10-8-17(9-11-18)21(24)22(2)15-19-5-4-14-27-19/h4-14H,15H2,1-3H3. The molecule has 0 aliphatic heterocycles. The van der Waals surface area contributed by atoms with Crippen LogP contribution in [0.4, 0.5) is 5.69 Å². The summed E-state index contributed by atoms with van der Waals surface area (Å²) in [5.41, 5.74) is 2.01. The summed E-state index contributed by atoms with van der Waals surface area (Å²) >= 11 is 1.60. The Bertz CT molecular complexity index is 1040. The fraction of sp³-hybridized carbons (Fsp3) is 0.190. The first kappa shape index (κ1) is 20.1. The quantitative estimate of drug-likeness (QED) is 0.609. The van der Waals surface area contributed by atoms with Crippen molar-refractivity contribution in [3.8, 4) is 0 Å². The highest BCUT2D eigenvalue weighted by atomic mass is 32.2. The van der Waals surface area contributed by atoms with Crippen molar-refractivity contribution in [1.82, 2.24) is 4.90 Å². The summed E-state index contributed by atoms with van der Waals surface area (Å²) in [6, 6.07) is 17.3. The fourth-order valence-electron chi connectivity index (χ4n) is 2.75. The van der Waals surface area contributed by atoms with E-state index in [1.54, 1.807) is 71.8 Å². The van der Waals surface area contributed by atoms with Crippen molar-refractivity contribution in [2.24, 2.45) is 0 Å². The van der Waals surface area contributed by atoms with Crippen LogP contribution in [-0.2, 0) is 16.6 Å². The Kier molecular flexibility index (Phi) is 5.86. The smallest absolute Gasteiger partial charge is 0.264 e. The number of hydrogen-bond acceptors (Lipinski definition) is 4. The van der Waals surface area contributed by atoms with E-state index in [1.807, 2.05) is 24.4 Å². The van der Waals surface area contributed by atoms with Crippen LogP contribution in [0.5, 0.6) is 0 Å². The third-order valence-corrected chi connectivity index (χ3v) is 7.14. The first-order valence-electron chi connectivity index (χ1n) is 8.72. The van der Waals surface area contributed by atoms with Gasteiger partial charge in [0.1, 0.15) is 0 Å². The average molecular weight is 415 g/mol. The molecule has 1 aromatic heterocycles. The molecule has 3 rings (SSSR count). The summed E-state index contributed by atoms with van der Waals surface area (Å²) in [6.45, 7) is 2.45. The van der Waals surface area contributed by atoms with E-state index < -0.39 is 10.0 Å². The largest absolute Gasteiger partial charge is 0.337 e. The molecule has 0 spiro atoms. The van der Waals surface area contributed by atoms with Gasteiger partial charge in [0.15, 0.2) is 0 Å². The summed E-state index contributed by atoms with van der Waals surface area (Å²) in [7, 11) is -0.390. The van der Waals surface area contributed by atoms with Gasteiger partial charge in [0.05, 0.1) is 17.1 Å². The fourth-order valence-corrected chi connectivity index (χ4v) is 4.70. The molecule has 0 radical (unpaired) electrons. The van der Waals surface area contributed by atoms with Gasteiger partial charge in [0, 0.05) is 24.5 Å². The summed E-state index contributed by atoms with van der Waals surface area (Å²) in [4.78, 5) is 15.6. The van der Waals surface area contributed by atoms with Crippen LogP contribution in [0.1, 0.15) is 20.8 Å². The first-order valence-corrected chi connectivity index (χ1v) is 11.0. The summed E-state index contributed by atoms with van der Waals surface area (Å²) in [5.74, 6) is -0.107. The molecule has 0 unspecified atom stereocenters. The maximum Gasteiger partial charge on any atom is 0.264 e. The van der Waals surface area contributed by atoms with Gasteiger partial charge in [-0.05, 0) is 54.8 Å². The molecule has 1 heterocycles. The molecule has 2 aromatic carbocycles. The zero-order chi connectivity index (χ0) is 20.3. The van der Waals surface area contributed by atoms with E-state index in [-0.39, 0.29) is 10.8 Å². The van der Waals surface area contributed by atoms with Crippen LogP contribution in [0.2, 0.25) is 0 Å². The highest BCUT2D eigenvalue weighted by Gasteiger charge is 2.21. The number of carbonyl (C=O) groups is 1. The van der Waals surface area contributed by atoms with Gasteiger partial charge in [-0.1, -0.05) is 23.8 Å². The molecule has 0 saturated heterocycles. The van der Waals surface area contributed by atoms with E-state index in [0.29, 0.717) is 17.8 Å². The minimum Gasteiger partial charge on any atom is -0.337 e. The lowest BCUT2D eigenvalue weighted by atomic mass is 10.2. The number of benzene rings is 2. The van der Waals surface area contributed by atoms with Gasteiger partial charge in [-0.15, -0.1) is 11.3 Å². The van der Waals surface area contributed by atoms with Crippen LogP contribution < -0.4 is 4.31 Å².